The molecule has 0 aromatic heterocycles. The molecule has 0 aliphatic heterocycles. The van der Waals surface area contributed by atoms with E-state index in [-0.39, 0.29) is 11.4 Å². The highest BCUT2D eigenvalue weighted by Gasteiger charge is 2.21. The Balaban J connectivity index is 3.88. The zero-order valence-electron chi connectivity index (χ0n) is 9.44. The summed E-state index contributed by atoms with van der Waals surface area (Å²) in [5.74, 6) is 0.0841. The first-order valence-corrected chi connectivity index (χ1v) is 5.33. The Bertz CT molecular complexity index is 156. The first-order chi connectivity index (χ1) is 6.04. The molecule has 1 N–H and O–H groups in total. The van der Waals surface area contributed by atoms with E-state index in [1.807, 2.05) is 0 Å². The number of carbonyl (C=O) groups is 1. The quantitative estimate of drug-likeness (QED) is 0.633. The minimum atomic E-state index is 0.0149. The van der Waals surface area contributed by atoms with Gasteiger partial charge in [-0.05, 0) is 19.8 Å². The average molecular weight is 185 g/mol. The van der Waals surface area contributed by atoms with Crippen LogP contribution in [0.1, 0.15) is 59.8 Å². The summed E-state index contributed by atoms with van der Waals surface area (Å²) in [5.41, 5.74) is 0.0149. The highest BCUT2D eigenvalue weighted by molar-refractivity contribution is 5.73. The first kappa shape index (κ1) is 12.5. The van der Waals surface area contributed by atoms with Gasteiger partial charge < -0.3 is 5.32 Å². The summed E-state index contributed by atoms with van der Waals surface area (Å²) in [6.45, 7) is 8.04. The van der Waals surface area contributed by atoms with Crippen LogP contribution in [0.5, 0.6) is 0 Å². The maximum Gasteiger partial charge on any atom is 0.217 e. The standard InChI is InChI=1S/C11H23NO/c1-5-7-8-9-11(4,6-2)12-10(3)13/h5-9H2,1-4H3,(H,12,13)/t11-/m0/s1. The molecule has 0 aromatic carbocycles. The number of hydrogen-bond donors (Lipinski definition) is 1. The van der Waals surface area contributed by atoms with Crippen molar-refractivity contribution in [2.75, 3.05) is 0 Å². The second-order valence-corrected chi connectivity index (χ2v) is 4.05. The predicted octanol–water partition coefficient (Wildman–Crippen LogP) is 2.87. The fourth-order valence-electron chi connectivity index (χ4n) is 1.52. The Morgan fingerprint density at radius 3 is 2.31 bits per heavy atom. The molecular formula is C11H23NO. The highest BCUT2D eigenvalue weighted by Crippen LogP contribution is 2.18. The molecule has 0 radical (unpaired) electrons. The number of nitrogens with one attached hydrogen (secondary N) is 1. The molecule has 0 fully saturated rings. The first-order valence-electron chi connectivity index (χ1n) is 5.33. The Morgan fingerprint density at radius 2 is 1.92 bits per heavy atom. The molecule has 0 heterocycles. The summed E-state index contributed by atoms with van der Waals surface area (Å²) in [6.07, 6.45) is 5.81. The number of amides is 1. The van der Waals surface area contributed by atoms with Crippen LogP contribution in [-0.4, -0.2) is 11.4 Å². The molecule has 0 spiro atoms. The van der Waals surface area contributed by atoms with E-state index in [1.165, 1.54) is 19.3 Å². The molecule has 0 rings (SSSR count). The van der Waals surface area contributed by atoms with Crippen molar-refractivity contribution < 1.29 is 4.79 Å². The van der Waals surface area contributed by atoms with E-state index in [4.69, 9.17) is 0 Å². The molecule has 0 bridgehead atoms. The van der Waals surface area contributed by atoms with Gasteiger partial charge in [-0.15, -0.1) is 0 Å². The van der Waals surface area contributed by atoms with Gasteiger partial charge in [0, 0.05) is 12.5 Å². The van der Waals surface area contributed by atoms with E-state index in [0.717, 1.165) is 12.8 Å². The van der Waals surface area contributed by atoms with Crippen LogP contribution < -0.4 is 5.32 Å². The smallest absolute Gasteiger partial charge is 0.217 e. The van der Waals surface area contributed by atoms with Gasteiger partial charge in [0.15, 0.2) is 0 Å². The third-order valence-electron chi connectivity index (χ3n) is 2.59. The Labute approximate surface area is 82.1 Å². The van der Waals surface area contributed by atoms with Crippen molar-refractivity contribution in [3.8, 4) is 0 Å². The number of rotatable bonds is 6. The lowest BCUT2D eigenvalue weighted by atomic mass is 9.91. The van der Waals surface area contributed by atoms with Gasteiger partial charge >= 0.3 is 0 Å². The minimum absolute atomic E-state index is 0.0149. The van der Waals surface area contributed by atoms with Crippen molar-refractivity contribution >= 4 is 5.91 Å². The van der Waals surface area contributed by atoms with Crippen LogP contribution in [-0.2, 0) is 4.79 Å². The van der Waals surface area contributed by atoms with Crippen molar-refractivity contribution in [3.05, 3.63) is 0 Å². The normalized spacial score (nSPS) is 15.1. The second-order valence-electron chi connectivity index (χ2n) is 4.05. The summed E-state index contributed by atoms with van der Waals surface area (Å²) in [4.78, 5) is 10.9. The lowest BCUT2D eigenvalue weighted by Crippen LogP contribution is -2.44. The van der Waals surface area contributed by atoms with Crippen LogP contribution in [0.25, 0.3) is 0 Å². The molecule has 0 aromatic rings. The zero-order valence-corrected chi connectivity index (χ0v) is 9.44. The van der Waals surface area contributed by atoms with E-state index in [9.17, 15) is 4.79 Å². The van der Waals surface area contributed by atoms with Crippen LogP contribution in [0, 0.1) is 0 Å². The third kappa shape index (κ3) is 5.67. The molecule has 1 amide bonds. The second kappa shape index (κ2) is 6.01. The van der Waals surface area contributed by atoms with Crippen LogP contribution >= 0.6 is 0 Å². The molecule has 1 atom stereocenters. The molecule has 78 valence electrons. The lowest BCUT2D eigenvalue weighted by Gasteiger charge is -2.29. The van der Waals surface area contributed by atoms with Crippen molar-refractivity contribution in [1.29, 1.82) is 0 Å². The number of unbranched alkanes of at least 4 members (excludes halogenated alkanes) is 2. The van der Waals surface area contributed by atoms with Crippen molar-refractivity contribution in [2.45, 2.75) is 65.3 Å². The molecule has 0 aliphatic rings. The van der Waals surface area contributed by atoms with Gasteiger partial charge in [-0.2, -0.15) is 0 Å². The van der Waals surface area contributed by atoms with Gasteiger partial charge in [-0.3, -0.25) is 4.79 Å². The molecule has 2 nitrogen and oxygen atoms in total. The van der Waals surface area contributed by atoms with E-state index in [1.54, 1.807) is 6.92 Å². The summed E-state index contributed by atoms with van der Waals surface area (Å²) >= 11 is 0. The third-order valence-corrected chi connectivity index (χ3v) is 2.59. The van der Waals surface area contributed by atoms with Gasteiger partial charge in [0.2, 0.25) is 5.91 Å². The summed E-state index contributed by atoms with van der Waals surface area (Å²) in [6, 6.07) is 0. The SMILES string of the molecule is CCCCC[C@](C)(CC)NC(C)=O. The van der Waals surface area contributed by atoms with E-state index < -0.39 is 0 Å². The largest absolute Gasteiger partial charge is 0.351 e. The van der Waals surface area contributed by atoms with Crippen molar-refractivity contribution in [2.24, 2.45) is 0 Å². The monoisotopic (exact) mass is 185 g/mol. The van der Waals surface area contributed by atoms with Crippen LogP contribution in [0.3, 0.4) is 0 Å². The molecular weight excluding hydrogens is 162 g/mol. The van der Waals surface area contributed by atoms with Crippen LogP contribution in [0.4, 0.5) is 0 Å². The summed E-state index contributed by atoms with van der Waals surface area (Å²) < 4.78 is 0. The van der Waals surface area contributed by atoms with Crippen LogP contribution in [0.15, 0.2) is 0 Å². The van der Waals surface area contributed by atoms with Gasteiger partial charge in [0.1, 0.15) is 0 Å². The molecule has 0 unspecified atom stereocenters. The minimum Gasteiger partial charge on any atom is -0.351 e. The topological polar surface area (TPSA) is 29.1 Å². The maximum absolute atomic E-state index is 10.9. The Hall–Kier alpha value is -0.530. The average Bonchev–Trinajstić information content (AvgIpc) is 2.04. The Morgan fingerprint density at radius 1 is 1.31 bits per heavy atom. The number of hydrogen-bond acceptors (Lipinski definition) is 1. The number of carbonyl (C=O) groups excluding carboxylic acids is 1. The lowest BCUT2D eigenvalue weighted by molar-refractivity contribution is -0.120. The van der Waals surface area contributed by atoms with Crippen molar-refractivity contribution in [1.82, 2.24) is 5.32 Å². The van der Waals surface area contributed by atoms with Crippen molar-refractivity contribution in [3.63, 3.8) is 0 Å². The van der Waals surface area contributed by atoms with E-state index in [2.05, 4.69) is 26.1 Å². The predicted molar refractivity (Wildman–Crippen MR) is 56.7 cm³/mol. The summed E-state index contributed by atoms with van der Waals surface area (Å²) in [7, 11) is 0. The summed E-state index contributed by atoms with van der Waals surface area (Å²) in [5, 5.41) is 3.03. The van der Waals surface area contributed by atoms with Gasteiger partial charge in [0.05, 0.1) is 0 Å². The van der Waals surface area contributed by atoms with E-state index in [0.29, 0.717) is 0 Å². The van der Waals surface area contributed by atoms with Gasteiger partial charge in [-0.25, -0.2) is 0 Å². The van der Waals surface area contributed by atoms with Crippen LogP contribution in [0.2, 0.25) is 0 Å². The fourth-order valence-corrected chi connectivity index (χ4v) is 1.52. The maximum atomic E-state index is 10.9. The molecule has 13 heavy (non-hydrogen) atoms. The zero-order chi connectivity index (χ0) is 10.3. The Kier molecular flexibility index (Phi) is 5.76. The fraction of sp³-hybridized carbons (Fsp3) is 0.909. The van der Waals surface area contributed by atoms with E-state index >= 15 is 0 Å². The molecule has 0 saturated carbocycles. The highest BCUT2D eigenvalue weighted by atomic mass is 16.1. The van der Waals surface area contributed by atoms with Gasteiger partial charge in [0.25, 0.3) is 0 Å². The van der Waals surface area contributed by atoms with Gasteiger partial charge in [-0.1, -0.05) is 33.1 Å². The molecule has 2 heteroatoms. The molecule has 0 aliphatic carbocycles. The molecule has 0 saturated heterocycles.